The van der Waals surface area contributed by atoms with Crippen molar-refractivity contribution >= 4 is 11.6 Å². The van der Waals surface area contributed by atoms with Crippen LogP contribution >= 0.6 is 11.6 Å². The second-order valence-corrected chi connectivity index (χ2v) is 4.24. The first-order chi connectivity index (χ1) is 8.18. The van der Waals surface area contributed by atoms with E-state index in [0.717, 1.165) is 5.56 Å². The first kappa shape index (κ1) is 12.1. The maximum absolute atomic E-state index is 13.5. The van der Waals surface area contributed by atoms with Crippen molar-refractivity contribution in [1.29, 1.82) is 0 Å². The maximum atomic E-state index is 13.5. The van der Waals surface area contributed by atoms with Gasteiger partial charge >= 0.3 is 0 Å². The van der Waals surface area contributed by atoms with Crippen molar-refractivity contribution in [1.82, 2.24) is 0 Å². The van der Waals surface area contributed by atoms with Gasteiger partial charge in [-0.15, -0.1) is 0 Å². The number of hydrogen-bond acceptors (Lipinski definition) is 1. The molecule has 0 amide bonds. The van der Waals surface area contributed by atoms with Crippen LogP contribution < -0.4 is 0 Å². The fraction of sp³-hybridized carbons (Fsp3) is 0.143. The lowest BCUT2D eigenvalue weighted by molar-refractivity contribution is 0.173. The van der Waals surface area contributed by atoms with E-state index in [9.17, 15) is 9.50 Å². The lowest BCUT2D eigenvalue weighted by atomic mass is 10.0. The number of halogens is 2. The lowest BCUT2D eigenvalue weighted by Gasteiger charge is -2.12. The van der Waals surface area contributed by atoms with Gasteiger partial charge in [0.1, 0.15) is 5.82 Å². The van der Waals surface area contributed by atoms with Crippen LogP contribution in [0.2, 0.25) is 5.02 Å². The van der Waals surface area contributed by atoms with Gasteiger partial charge in [-0.3, -0.25) is 0 Å². The van der Waals surface area contributed by atoms with E-state index >= 15 is 0 Å². The van der Waals surface area contributed by atoms with E-state index in [1.807, 2.05) is 18.2 Å². The molecule has 88 valence electrons. The molecule has 0 aliphatic heterocycles. The molecule has 0 saturated carbocycles. The zero-order chi connectivity index (χ0) is 12.3. The van der Waals surface area contributed by atoms with Gasteiger partial charge < -0.3 is 5.11 Å². The van der Waals surface area contributed by atoms with Crippen LogP contribution in [0, 0.1) is 5.82 Å². The third-order valence-corrected chi connectivity index (χ3v) is 3.00. The van der Waals surface area contributed by atoms with Crippen LogP contribution in [0.15, 0.2) is 48.5 Å². The summed E-state index contributed by atoms with van der Waals surface area (Å²) in [6, 6.07) is 13.5. The molecule has 1 atom stereocenters. The minimum absolute atomic E-state index is 0.299. The summed E-state index contributed by atoms with van der Waals surface area (Å²) in [7, 11) is 0. The third kappa shape index (κ3) is 2.84. The fourth-order valence-electron chi connectivity index (χ4n) is 1.73. The number of aliphatic hydroxyl groups excluding tert-OH is 1. The molecule has 0 bridgehead atoms. The van der Waals surface area contributed by atoms with Crippen molar-refractivity contribution in [2.75, 3.05) is 0 Å². The summed E-state index contributed by atoms with van der Waals surface area (Å²) in [6.45, 7) is 0. The summed E-state index contributed by atoms with van der Waals surface area (Å²) in [5.41, 5.74) is 1.11. The minimum Gasteiger partial charge on any atom is -0.388 e. The average Bonchev–Trinajstić information content (AvgIpc) is 2.32. The van der Waals surface area contributed by atoms with Crippen molar-refractivity contribution < 1.29 is 9.50 Å². The number of benzene rings is 2. The van der Waals surface area contributed by atoms with Gasteiger partial charge in [0.05, 0.1) is 6.10 Å². The summed E-state index contributed by atoms with van der Waals surface area (Å²) in [4.78, 5) is 0. The van der Waals surface area contributed by atoms with Gasteiger partial charge in [0.2, 0.25) is 0 Å². The van der Waals surface area contributed by atoms with Gasteiger partial charge in [-0.2, -0.15) is 0 Å². The van der Waals surface area contributed by atoms with Gasteiger partial charge in [-0.25, -0.2) is 4.39 Å². The normalized spacial score (nSPS) is 12.4. The SMILES string of the molecule is OC(Cc1ccccc1Cl)c1ccccc1F. The second-order valence-electron chi connectivity index (χ2n) is 3.83. The monoisotopic (exact) mass is 250 g/mol. The van der Waals surface area contributed by atoms with E-state index in [0.29, 0.717) is 17.0 Å². The summed E-state index contributed by atoms with van der Waals surface area (Å²) in [6.07, 6.45) is -0.572. The Morgan fingerprint density at radius 1 is 1.06 bits per heavy atom. The lowest BCUT2D eigenvalue weighted by Crippen LogP contribution is -2.04. The molecular formula is C14H12ClFO. The molecule has 2 aromatic carbocycles. The third-order valence-electron chi connectivity index (χ3n) is 2.64. The van der Waals surface area contributed by atoms with Crippen LogP contribution in [0.25, 0.3) is 0 Å². The van der Waals surface area contributed by atoms with E-state index < -0.39 is 11.9 Å². The van der Waals surface area contributed by atoms with Crippen LogP contribution in [-0.4, -0.2) is 5.11 Å². The molecule has 1 nitrogen and oxygen atoms in total. The molecule has 1 unspecified atom stereocenters. The Bertz CT molecular complexity index is 513. The van der Waals surface area contributed by atoms with Gasteiger partial charge in [0.15, 0.2) is 0 Å². The van der Waals surface area contributed by atoms with E-state index in [1.165, 1.54) is 6.07 Å². The van der Waals surface area contributed by atoms with Crippen LogP contribution in [0.3, 0.4) is 0 Å². The molecule has 0 heterocycles. The highest BCUT2D eigenvalue weighted by Gasteiger charge is 2.13. The first-order valence-corrected chi connectivity index (χ1v) is 5.72. The summed E-state index contributed by atoms with van der Waals surface area (Å²) in [5.74, 6) is -0.396. The maximum Gasteiger partial charge on any atom is 0.129 e. The van der Waals surface area contributed by atoms with Crippen molar-refractivity contribution in [2.45, 2.75) is 12.5 Å². The molecule has 0 saturated heterocycles. The van der Waals surface area contributed by atoms with Gasteiger partial charge in [-0.1, -0.05) is 48.0 Å². The Labute approximate surface area is 104 Å². The molecule has 0 fully saturated rings. The summed E-state index contributed by atoms with van der Waals surface area (Å²) < 4.78 is 13.5. The molecule has 3 heteroatoms. The predicted molar refractivity (Wildman–Crippen MR) is 66.5 cm³/mol. The van der Waals surface area contributed by atoms with Crippen LogP contribution in [-0.2, 0) is 6.42 Å². The Kier molecular flexibility index (Phi) is 3.77. The van der Waals surface area contributed by atoms with E-state index in [2.05, 4.69) is 0 Å². The van der Waals surface area contributed by atoms with Crippen LogP contribution in [0.4, 0.5) is 4.39 Å². The summed E-state index contributed by atoms with van der Waals surface area (Å²) >= 11 is 5.99. The number of rotatable bonds is 3. The molecule has 1 N–H and O–H groups in total. The quantitative estimate of drug-likeness (QED) is 0.880. The molecule has 0 spiro atoms. The fourth-order valence-corrected chi connectivity index (χ4v) is 1.94. The minimum atomic E-state index is -0.879. The summed E-state index contributed by atoms with van der Waals surface area (Å²) in [5, 5.41) is 10.6. The van der Waals surface area contributed by atoms with Crippen molar-refractivity contribution in [3.05, 3.63) is 70.5 Å². The average molecular weight is 251 g/mol. The zero-order valence-electron chi connectivity index (χ0n) is 9.11. The number of aliphatic hydroxyl groups is 1. The molecular weight excluding hydrogens is 239 g/mol. The van der Waals surface area contributed by atoms with E-state index in [-0.39, 0.29) is 0 Å². The molecule has 2 aromatic rings. The second kappa shape index (κ2) is 5.30. The molecule has 0 aliphatic rings. The Balaban J connectivity index is 2.20. The Hall–Kier alpha value is -1.38. The van der Waals surface area contributed by atoms with Crippen LogP contribution in [0.1, 0.15) is 17.2 Å². The van der Waals surface area contributed by atoms with E-state index in [4.69, 9.17) is 11.6 Å². The van der Waals surface area contributed by atoms with Crippen molar-refractivity contribution in [2.24, 2.45) is 0 Å². The molecule has 0 aliphatic carbocycles. The first-order valence-electron chi connectivity index (χ1n) is 5.34. The topological polar surface area (TPSA) is 20.2 Å². The van der Waals surface area contributed by atoms with Crippen LogP contribution in [0.5, 0.6) is 0 Å². The largest absolute Gasteiger partial charge is 0.388 e. The standard InChI is InChI=1S/C14H12ClFO/c15-12-7-3-1-5-10(12)9-14(17)11-6-2-4-8-13(11)16/h1-8,14,17H,9H2. The smallest absolute Gasteiger partial charge is 0.129 e. The highest BCUT2D eigenvalue weighted by Crippen LogP contribution is 2.24. The van der Waals surface area contributed by atoms with Gasteiger partial charge in [0, 0.05) is 17.0 Å². The Morgan fingerprint density at radius 3 is 2.41 bits per heavy atom. The zero-order valence-corrected chi connectivity index (χ0v) is 9.86. The number of hydrogen-bond donors (Lipinski definition) is 1. The van der Waals surface area contributed by atoms with Crippen molar-refractivity contribution in [3.63, 3.8) is 0 Å². The molecule has 0 aromatic heterocycles. The Morgan fingerprint density at radius 2 is 1.71 bits per heavy atom. The van der Waals surface area contributed by atoms with E-state index in [1.54, 1.807) is 24.3 Å². The predicted octanol–water partition coefficient (Wildman–Crippen LogP) is 3.76. The van der Waals surface area contributed by atoms with Gasteiger partial charge in [-0.05, 0) is 17.7 Å². The highest BCUT2D eigenvalue weighted by molar-refractivity contribution is 6.31. The molecule has 0 radical (unpaired) electrons. The van der Waals surface area contributed by atoms with Gasteiger partial charge in [0.25, 0.3) is 0 Å². The molecule has 2 rings (SSSR count). The van der Waals surface area contributed by atoms with Crippen molar-refractivity contribution in [3.8, 4) is 0 Å². The molecule has 17 heavy (non-hydrogen) atoms. The highest BCUT2D eigenvalue weighted by atomic mass is 35.5.